The number of nitrogens with zero attached hydrogens (tertiary/aromatic N) is 1. The van der Waals surface area contributed by atoms with Crippen LogP contribution in [0.1, 0.15) is 41.0 Å². The normalized spacial score (nSPS) is 23.8. The van der Waals surface area contributed by atoms with Crippen LogP contribution in [-0.4, -0.2) is 34.8 Å². The third-order valence-electron chi connectivity index (χ3n) is 3.40. The van der Waals surface area contributed by atoms with E-state index in [9.17, 15) is 9.59 Å². The van der Waals surface area contributed by atoms with Crippen LogP contribution < -0.4 is 5.32 Å². The third-order valence-corrected chi connectivity index (χ3v) is 3.77. The van der Waals surface area contributed by atoms with Gasteiger partial charge >= 0.3 is 0 Å². The standard InChI is InChI=1S/C14H23ClN2O2/c1-9(2)6-11-12(18)17(8-10(3)7-15)14(4,5)13(19)16-11/h7,9,11H,6,8H2,1-5H3,(H,16,19). The summed E-state index contributed by atoms with van der Waals surface area (Å²) in [6, 6.07) is -0.427. The predicted molar refractivity (Wildman–Crippen MR) is 76.8 cm³/mol. The van der Waals surface area contributed by atoms with Crippen LogP contribution in [-0.2, 0) is 9.59 Å². The van der Waals surface area contributed by atoms with Gasteiger partial charge in [0.05, 0.1) is 0 Å². The Hall–Kier alpha value is -1.03. The Kier molecular flexibility index (Phi) is 5.02. The number of carbonyl (C=O) groups is 2. The second-order valence-electron chi connectivity index (χ2n) is 6.09. The van der Waals surface area contributed by atoms with Gasteiger partial charge < -0.3 is 10.2 Å². The number of hydrogen-bond donors (Lipinski definition) is 1. The van der Waals surface area contributed by atoms with Crippen molar-refractivity contribution in [2.24, 2.45) is 5.92 Å². The fourth-order valence-corrected chi connectivity index (χ4v) is 2.24. The van der Waals surface area contributed by atoms with Crippen molar-refractivity contribution in [3.05, 3.63) is 11.1 Å². The second-order valence-corrected chi connectivity index (χ2v) is 6.31. The van der Waals surface area contributed by atoms with Crippen LogP contribution in [0.15, 0.2) is 11.1 Å². The zero-order valence-electron chi connectivity index (χ0n) is 12.3. The maximum Gasteiger partial charge on any atom is 0.246 e. The van der Waals surface area contributed by atoms with E-state index in [2.05, 4.69) is 5.32 Å². The summed E-state index contributed by atoms with van der Waals surface area (Å²) in [4.78, 5) is 26.3. The maximum atomic E-state index is 12.5. The van der Waals surface area contributed by atoms with Crippen molar-refractivity contribution in [3.63, 3.8) is 0 Å². The summed E-state index contributed by atoms with van der Waals surface area (Å²) < 4.78 is 0. The molecule has 1 N–H and O–H groups in total. The van der Waals surface area contributed by atoms with Gasteiger partial charge in [0, 0.05) is 12.1 Å². The molecule has 0 spiro atoms. The Morgan fingerprint density at radius 3 is 2.53 bits per heavy atom. The van der Waals surface area contributed by atoms with E-state index in [4.69, 9.17) is 11.6 Å². The zero-order valence-corrected chi connectivity index (χ0v) is 13.0. The first-order valence-corrected chi connectivity index (χ1v) is 7.02. The van der Waals surface area contributed by atoms with Crippen LogP contribution >= 0.6 is 11.6 Å². The number of halogens is 1. The van der Waals surface area contributed by atoms with E-state index in [0.29, 0.717) is 18.9 Å². The first-order chi connectivity index (χ1) is 8.70. The lowest BCUT2D eigenvalue weighted by Gasteiger charge is -2.44. The van der Waals surface area contributed by atoms with Gasteiger partial charge in [-0.15, -0.1) is 0 Å². The lowest BCUT2D eigenvalue weighted by Crippen LogP contribution is -2.68. The summed E-state index contributed by atoms with van der Waals surface area (Å²) in [7, 11) is 0. The molecule has 1 atom stereocenters. The molecule has 1 aliphatic heterocycles. The number of nitrogens with one attached hydrogen (secondary N) is 1. The summed E-state index contributed by atoms with van der Waals surface area (Å²) >= 11 is 5.67. The first kappa shape index (κ1) is 16.0. The Morgan fingerprint density at radius 1 is 1.47 bits per heavy atom. The number of rotatable bonds is 4. The SMILES string of the molecule is CC(=CCl)CN1C(=O)C(CC(C)C)NC(=O)C1(C)C. The van der Waals surface area contributed by atoms with Crippen LogP contribution in [0.25, 0.3) is 0 Å². The molecule has 4 nitrogen and oxygen atoms in total. The van der Waals surface area contributed by atoms with E-state index in [1.165, 1.54) is 5.54 Å². The predicted octanol–water partition coefficient (Wildman–Crippen LogP) is 2.28. The molecule has 0 saturated carbocycles. The summed E-state index contributed by atoms with van der Waals surface area (Å²) in [6.07, 6.45) is 0.654. The molecular weight excluding hydrogens is 264 g/mol. The fourth-order valence-electron chi connectivity index (χ4n) is 2.17. The Morgan fingerprint density at radius 2 is 2.05 bits per heavy atom. The van der Waals surface area contributed by atoms with Gasteiger partial charge in [-0.3, -0.25) is 9.59 Å². The van der Waals surface area contributed by atoms with Crippen LogP contribution in [0.4, 0.5) is 0 Å². The van der Waals surface area contributed by atoms with Gasteiger partial charge in [0.25, 0.3) is 0 Å². The molecule has 5 heteroatoms. The molecule has 0 aromatic rings. The highest BCUT2D eigenvalue weighted by Crippen LogP contribution is 2.24. The quantitative estimate of drug-likeness (QED) is 0.862. The largest absolute Gasteiger partial charge is 0.342 e. The highest BCUT2D eigenvalue weighted by Gasteiger charge is 2.46. The topological polar surface area (TPSA) is 49.4 Å². The van der Waals surface area contributed by atoms with Crippen molar-refractivity contribution >= 4 is 23.4 Å². The van der Waals surface area contributed by atoms with Gasteiger partial charge in [-0.1, -0.05) is 25.4 Å². The monoisotopic (exact) mass is 286 g/mol. The first-order valence-electron chi connectivity index (χ1n) is 6.58. The molecule has 0 bridgehead atoms. The van der Waals surface area contributed by atoms with E-state index in [-0.39, 0.29) is 11.8 Å². The zero-order chi connectivity index (χ0) is 14.8. The van der Waals surface area contributed by atoms with Gasteiger partial charge in [0.1, 0.15) is 11.6 Å². The smallest absolute Gasteiger partial charge is 0.246 e. The summed E-state index contributed by atoms with van der Waals surface area (Å²) in [5.41, 5.74) is 1.47. The maximum absolute atomic E-state index is 12.5. The lowest BCUT2D eigenvalue weighted by atomic mass is 9.91. The molecular formula is C14H23ClN2O2. The van der Waals surface area contributed by atoms with E-state index >= 15 is 0 Å². The number of piperazine rings is 1. The van der Waals surface area contributed by atoms with Gasteiger partial charge in [-0.05, 0) is 38.7 Å². The molecule has 1 aliphatic rings. The number of amides is 2. The minimum absolute atomic E-state index is 0.0313. The fraction of sp³-hybridized carbons (Fsp3) is 0.714. The van der Waals surface area contributed by atoms with E-state index in [1.807, 2.05) is 20.8 Å². The second kappa shape index (κ2) is 5.95. The van der Waals surface area contributed by atoms with E-state index in [1.54, 1.807) is 18.7 Å². The van der Waals surface area contributed by atoms with Gasteiger partial charge in [0.2, 0.25) is 11.8 Å². The summed E-state index contributed by atoms with van der Waals surface area (Å²) in [6.45, 7) is 9.82. The van der Waals surface area contributed by atoms with Crippen molar-refractivity contribution in [2.45, 2.75) is 52.6 Å². The average molecular weight is 287 g/mol. The minimum Gasteiger partial charge on any atom is -0.342 e. The summed E-state index contributed by atoms with van der Waals surface area (Å²) in [5, 5.41) is 2.83. The lowest BCUT2D eigenvalue weighted by molar-refractivity contribution is -0.155. The Balaban J connectivity index is 3.00. The van der Waals surface area contributed by atoms with E-state index < -0.39 is 11.6 Å². The van der Waals surface area contributed by atoms with E-state index in [0.717, 1.165) is 5.57 Å². The molecule has 1 rings (SSSR count). The molecule has 0 aliphatic carbocycles. The Bertz CT molecular complexity index is 402. The molecule has 0 aromatic carbocycles. The average Bonchev–Trinajstić information content (AvgIpc) is 2.31. The van der Waals surface area contributed by atoms with Crippen molar-refractivity contribution in [1.29, 1.82) is 0 Å². The van der Waals surface area contributed by atoms with Gasteiger partial charge in [-0.2, -0.15) is 0 Å². The van der Waals surface area contributed by atoms with Crippen molar-refractivity contribution in [1.82, 2.24) is 10.2 Å². The molecule has 1 saturated heterocycles. The van der Waals surface area contributed by atoms with Gasteiger partial charge in [-0.25, -0.2) is 0 Å². The van der Waals surface area contributed by atoms with Crippen LogP contribution in [0.2, 0.25) is 0 Å². The van der Waals surface area contributed by atoms with Crippen molar-refractivity contribution < 1.29 is 9.59 Å². The molecule has 19 heavy (non-hydrogen) atoms. The van der Waals surface area contributed by atoms with Crippen LogP contribution in [0.5, 0.6) is 0 Å². The molecule has 1 heterocycles. The van der Waals surface area contributed by atoms with Gasteiger partial charge in [0.15, 0.2) is 0 Å². The van der Waals surface area contributed by atoms with Crippen LogP contribution in [0, 0.1) is 5.92 Å². The molecule has 0 radical (unpaired) electrons. The highest BCUT2D eigenvalue weighted by atomic mass is 35.5. The number of hydrogen-bond acceptors (Lipinski definition) is 2. The van der Waals surface area contributed by atoms with Crippen molar-refractivity contribution in [2.75, 3.05) is 6.54 Å². The van der Waals surface area contributed by atoms with Crippen molar-refractivity contribution in [3.8, 4) is 0 Å². The third kappa shape index (κ3) is 3.50. The van der Waals surface area contributed by atoms with Crippen LogP contribution in [0.3, 0.4) is 0 Å². The Labute approximate surface area is 120 Å². The molecule has 1 unspecified atom stereocenters. The highest BCUT2D eigenvalue weighted by molar-refractivity contribution is 6.25. The molecule has 0 aromatic heterocycles. The minimum atomic E-state index is -0.842. The number of carbonyl (C=O) groups excluding carboxylic acids is 2. The molecule has 1 fully saturated rings. The molecule has 108 valence electrons. The summed E-state index contributed by atoms with van der Waals surface area (Å²) in [5.74, 6) is 0.207. The molecule has 2 amide bonds.